The standard InChI is InChI=1S/C18H17ClFN3O2S/c1-23(26(24,25)15-6-3-13(20)4-7-15)14-5-2-11-8-12-10-21-18(19)22-17(12)16(11)9-14/h3-4,6-7,10,14H,2,5,8-9H2,1H3. The molecule has 2 aliphatic rings. The molecule has 0 fully saturated rings. The molecule has 0 saturated heterocycles. The summed E-state index contributed by atoms with van der Waals surface area (Å²) in [4.78, 5) is 8.48. The summed E-state index contributed by atoms with van der Waals surface area (Å²) >= 11 is 5.94. The van der Waals surface area contributed by atoms with Crippen LogP contribution in [0.3, 0.4) is 0 Å². The topological polar surface area (TPSA) is 63.2 Å². The molecule has 0 saturated carbocycles. The maximum atomic E-state index is 13.1. The fourth-order valence-electron chi connectivity index (χ4n) is 3.72. The van der Waals surface area contributed by atoms with E-state index >= 15 is 0 Å². The molecule has 0 aliphatic heterocycles. The van der Waals surface area contributed by atoms with Gasteiger partial charge in [-0.15, -0.1) is 0 Å². The van der Waals surface area contributed by atoms with Gasteiger partial charge in [-0.05, 0) is 67.1 Å². The first-order chi connectivity index (χ1) is 12.4. The van der Waals surface area contributed by atoms with Crippen LogP contribution in [0.25, 0.3) is 5.57 Å². The van der Waals surface area contributed by atoms with Crippen LogP contribution in [0.2, 0.25) is 5.28 Å². The van der Waals surface area contributed by atoms with E-state index in [1.165, 1.54) is 22.0 Å². The molecule has 136 valence electrons. The van der Waals surface area contributed by atoms with Gasteiger partial charge in [-0.3, -0.25) is 0 Å². The molecule has 1 unspecified atom stereocenters. The number of hydrogen-bond acceptors (Lipinski definition) is 4. The van der Waals surface area contributed by atoms with Crippen molar-refractivity contribution in [2.45, 2.75) is 36.6 Å². The van der Waals surface area contributed by atoms with Crippen LogP contribution >= 0.6 is 11.6 Å². The molecule has 5 nitrogen and oxygen atoms in total. The third-order valence-electron chi connectivity index (χ3n) is 5.18. The number of aromatic nitrogens is 2. The van der Waals surface area contributed by atoms with Crippen LogP contribution in [0.15, 0.2) is 40.9 Å². The summed E-state index contributed by atoms with van der Waals surface area (Å²) < 4.78 is 40.3. The Morgan fingerprint density at radius 1 is 1.27 bits per heavy atom. The summed E-state index contributed by atoms with van der Waals surface area (Å²) in [5.74, 6) is -0.460. The number of benzene rings is 1. The first kappa shape index (κ1) is 17.6. The van der Waals surface area contributed by atoms with Crippen molar-refractivity contribution in [2.75, 3.05) is 7.05 Å². The number of rotatable bonds is 3. The first-order valence-corrected chi connectivity index (χ1v) is 10.1. The predicted octanol–water partition coefficient (Wildman–Crippen LogP) is 3.45. The highest BCUT2D eigenvalue weighted by Crippen LogP contribution is 2.42. The van der Waals surface area contributed by atoms with E-state index in [2.05, 4.69) is 9.97 Å². The Balaban J connectivity index is 1.61. The van der Waals surface area contributed by atoms with E-state index in [4.69, 9.17) is 11.6 Å². The highest BCUT2D eigenvalue weighted by Gasteiger charge is 2.35. The van der Waals surface area contributed by atoms with Crippen LogP contribution in [0.4, 0.5) is 4.39 Å². The Morgan fingerprint density at radius 2 is 2.00 bits per heavy atom. The number of halogens is 2. The normalized spacial score (nSPS) is 19.6. The first-order valence-electron chi connectivity index (χ1n) is 8.32. The molecule has 26 heavy (non-hydrogen) atoms. The van der Waals surface area contributed by atoms with Gasteiger partial charge in [-0.2, -0.15) is 4.31 Å². The molecule has 2 aliphatic carbocycles. The molecular weight excluding hydrogens is 377 g/mol. The zero-order valence-electron chi connectivity index (χ0n) is 14.1. The molecule has 1 atom stereocenters. The fourth-order valence-corrected chi connectivity index (χ4v) is 5.24. The van der Waals surface area contributed by atoms with Gasteiger partial charge in [0.05, 0.1) is 10.6 Å². The zero-order valence-corrected chi connectivity index (χ0v) is 15.7. The second-order valence-corrected chi connectivity index (χ2v) is 8.98. The minimum atomic E-state index is -3.68. The van der Waals surface area contributed by atoms with Gasteiger partial charge in [0.1, 0.15) is 5.82 Å². The van der Waals surface area contributed by atoms with E-state index in [0.29, 0.717) is 6.42 Å². The van der Waals surface area contributed by atoms with Crippen LogP contribution in [0.5, 0.6) is 0 Å². The van der Waals surface area contributed by atoms with Gasteiger partial charge >= 0.3 is 0 Å². The van der Waals surface area contributed by atoms with Crippen molar-refractivity contribution in [3.63, 3.8) is 0 Å². The summed E-state index contributed by atoms with van der Waals surface area (Å²) in [6, 6.07) is 4.74. The minimum absolute atomic E-state index is 0.0957. The Morgan fingerprint density at radius 3 is 2.73 bits per heavy atom. The lowest BCUT2D eigenvalue weighted by Crippen LogP contribution is -2.38. The molecule has 8 heteroatoms. The van der Waals surface area contributed by atoms with E-state index in [1.54, 1.807) is 13.2 Å². The molecule has 0 spiro atoms. The summed E-state index contributed by atoms with van der Waals surface area (Å²) in [5.41, 5.74) is 4.27. The van der Waals surface area contributed by atoms with Gasteiger partial charge in [0.25, 0.3) is 0 Å². The largest absolute Gasteiger partial charge is 0.243 e. The maximum Gasteiger partial charge on any atom is 0.243 e. The lowest BCUT2D eigenvalue weighted by atomic mass is 9.89. The van der Waals surface area contributed by atoms with Gasteiger partial charge in [0.2, 0.25) is 15.3 Å². The van der Waals surface area contributed by atoms with Gasteiger partial charge in [-0.1, -0.05) is 5.57 Å². The smallest absolute Gasteiger partial charge is 0.226 e. The minimum Gasteiger partial charge on any atom is -0.226 e. The lowest BCUT2D eigenvalue weighted by Gasteiger charge is -2.31. The van der Waals surface area contributed by atoms with E-state index in [9.17, 15) is 12.8 Å². The van der Waals surface area contributed by atoms with E-state index in [0.717, 1.165) is 48.2 Å². The molecule has 2 aromatic rings. The van der Waals surface area contributed by atoms with Crippen molar-refractivity contribution in [3.8, 4) is 0 Å². The van der Waals surface area contributed by atoms with Crippen LogP contribution in [0, 0.1) is 5.82 Å². The third-order valence-corrected chi connectivity index (χ3v) is 7.28. The number of hydrogen-bond donors (Lipinski definition) is 0. The quantitative estimate of drug-likeness (QED) is 0.749. The number of allylic oxidation sites excluding steroid dienone is 1. The SMILES string of the molecule is CN(C1CCC2=C(C1)c1nc(Cl)ncc1C2)S(=O)(=O)c1ccc(F)cc1. The molecule has 1 aromatic heterocycles. The lowest BCUT2D eigenvalue weighted by molar-refractivity contribution is 0.346. The predicted molar refractivity (Wildman–Crippen MR) is 96.7 cm³/mol. The molecule has 1 heterocycles. The van der Waals surface area contributed by atoms with Crippen LogP contribution in [0.1, 0.15) is 30.5 Å². The van der Waals surface area contributed by atoms with Crippen molar-refractivity contribution >= 4 is 27.2 Å². The number of sulfonamides is 1. The molecule has 1 aromatic carbocycles. The van der Waals surface area contributed by atoms with Crippen molar-refractivity contribution in [3.05, 3.63) is 58.4 Å². The van der Waals surface area contributed by atoms with E-state index in [-0.39, 0.29) is 16.2 Å². The average Bonchev–Trinajstić information content (AvgIpc) is 2.98. The van der Waals surface area contributed by atoms with Gasteiger partial charge in [0, 0.05) is 24.8 Å². The summed E-state index contributed by atoms with van der Waals surface area (Å²) in [5, 5.41) is 0.201. The van der Waals surface area contributed by atoms with E-state index < -0.39 is 15.8 Å². The molecular formula is C18H17ClFN3O2S. The summed E-state index contributed by atoms with van der Waals surface area (Å²) in [7, 11) is -2.10. The van der Waals surface area contributed by atoms with Crippen LogP contribution in [-0.4, -0.2) is 35.8 Å². The third kappa shape index (κ3) is 2.94. The van der Waals surface area contributed by atoms with Crippen molar-refractivity contribution in [1.82, 2.24) is 14.3 Å². The van der Waals surface area contributed by atoms with Crippen LogP contribution in [-0.2, 0) is 16.4 Å². The maximum absolute atomic E-state index is 13.1. The van der Waals surface area contributed by atoms with E-state index in [1.807, 2.05) is 0 Å². The highest BCUT2D eigenvalue weighted by molar-refractivity contribution is 7.89. The van der Waals surface area contributed by atoms with Gasteiger partial charge < -0.3 is 0 Å². The summed E-state index contributed by atoms with van der Waals surface area (Å²) in [6.07, 6.45) is 4.70. The second-order valence-electron chi connectivity index (χ2n) is 6.64. The monoisotopic (exact) mass is 393 g/mol. The average molecular weight is 394 g/mol. The number of fused-ring (bicyclic) bond motifs is 2. The fraction of sp³-hybridized carbons (Fsp3) is 0.333. The van der Waals surface area contributed by atoms with Gasteiger partial charge in [-0.25, -0.2) is 22.8 Å². The molecule has 0 radical (unpaired) electrons. The molecule has 0 bridgehead atoms. The Bertz CT molecular complexity index is 1010. The summed E-state index contributed by atoms with van der Waals surface area (Å²) in [6.45, 7) is 0. The number of nitrogens with zero attached hydrogens (tertiary/aromatic N) is 3. The zero-order chi connectivity index (χ0) is 18.5. The highest BCUT2D eigenvalue weighted by atomic mass is 35.5. The van der Waals surface area contributed by atoms with Crippen LogP contribution < -0.4 is 0 Å². The van der Waals surface area contributed by atoms with Crippen molar-refractivity contribution in [2.24, 2.45) is 0 Å². The Labute approximate surface area is 156 Å². The molecule has 0 N–H and O–H groups in total. The molecule has 4 rings (SSSR count). The second kappa shape index (κ2) is 6.40. The Hall–Kier alpha value is -1.83. The Kier molecular flexibility index (Phi) is 4.33. The van der Waals surface area contributed by atoms with Crippen molar-refractivity contribution in [1.29, 1.82) is 0 Å². The van der Waals surface area contributed by atoms with Crippen molar-refractivity contribution < 1.29 is 12.8 Å². The van der Waals surface area contributed by atoms with Gasteiger partial charge in [0.15, 0.2) is 0 Å². The molecule has 0 amide bonds.